The summed E-state index contributed by atoms with van der Waals surface area (Å²) in [7, 11) is -2.57. The van der Waals surface area contributed by atoms with Gasteiger partial charge in [-0.25, -0.2) is 8.42 Å². The molecule has 2 amide bonds. The lowest BCUT2D eigenvalue weighted by molar-refractivity contribution is -0.140. The smallest absolute Gasteiger partial charge is 0.264 e. The lowest BCUT2D eigenvalue weighted by Gasteiger charge is -2.33. The van der Waals surface area contributed by atoms with E-state index in [1.54, 1.807) is 55.6 Å². The molecule has 3 aromatic rings. The molecule has 3 aromatic carbocycles. The van der Waals surface area contributed by atoms with Gasteiger partial charge in [0.15, 0.2) is 0 Å². The monoisotopic (exact) mass is 643 g/mol. The maximum atomic E-state index is 14.2. The van der Waals surface area contributed by atoms with Crippen LogP contribution in [0.15, 0.2) is 82.2 Å². The van der Waals surface area contributed by atoms with E-state index in [1.807, 2.05) is 39.8 Å². The molecule has 0 spiro atoms. The molecular formula is C31H38BrN3O5S. The molecule has 0 saturated heterocycles. The SMILES string of the molecule is CCC(C)NC(=O)C(CC)N(Cc1cccc(OC)c1)C(=O)CN(c1cccc(Br)c1)S(=O)(=O)c1ccc(C)cc1. The van der Waals surface area contributed by atoms with Crippen molar-refractivity contribution in [1.29, 1.82) is 0 Å². The van der Waals surface area contributed by atoms with E-state index in [1.165, 1.54) is 17.0 Å². The Balaban J connectivity index is 2.07. The summed E-state index contributed by atoms with van der Waals surface area (Å²) in [4.78, 5) is 29.1. The lowest BCUT2D eigenvalue weighted by Crippen LogP contribution is -2.53. The minimum absolute atomic E-state index is 0.0665. The molecule has 41 heavy (non-hydrogen) atoms. The summed E-state index contributed by atoms with van der Waals surface area (Å²) < 4.78 is 35.0. The summed E-state index contributed by atoms with van der Waals surface area (Å²) >= 11 is 3.42. The van der Waals surface area contributed by atoms with Gasteiger partial charge < -0.3 is 15.0 Å². The number of rotatable bonds is 13. The van der Waals surface area contributed by atoms with Crippen LogP contribution in [0.3, 0.4) is 0 Å². The number of methoxy groups -OCH3 is 1. The van der Waals surface area contributed by atoms with Gasteiger partial charge in [0.25, 0.3) is 10.0 Å². The molecule has 0 aliphatic rings. The van der Waals surface area contributed by atoms with Crippen LogP contribution >= 0.6 is 15.9 Å². The highest BCUT2D eigenvalue weighted by atomic mass is 79.9. The fraction of sp³-hybridized carbons (Fsp3) is 0.355. The van der Waals surface area contributed by atoms with Crippen molar-refractivity contribution in [2.75, 3.05) is 18.0 Å². The predicted octanol–water partition coefficient (Wildman–Crippen LogP) is 5.68. The van der Waals surface area contributed by atoms with E-state index < -0.39 is 28.5 Å². The maximum absolute atomic E-state index is 14.2. The van der Waals surface area contributed by atoms with E-state index in [2.05, 4.69) is 21.2 Å². The second-order valence-corrected chi connectivity index (χ2v) is 12.7. The van der Waals surface area contributed by atoms with Gasteiger partial charge in [0.1, 0.15) is 18.3 Å². The van der Waals surface area contributed by atoms with E-state index in [4.69, 9.17) is 4.74 Å². The summed E-state index contributed by atoms with van der Waals surface area (Å²) in [5, 5.41) is 2.98. The molecule has 0 heterocycles. The average molecular weight is 645 g/mol. The molecule has 2 unspecified atom stereocenters. The molecule has 1 N–H and O–H groups in total. The first kappa shape index (κ1) is 32.1. The molecular weight excluding hydrogens is 606 g/mol. The van der Waals surface area contributed by atoms with Crippen LogP contribution in [0.25, 0.3) is 0 Å². The fourth-order valence-electron chi connectivity index (χ4n) is 4.33. The molecule has 220 valence electrons. The fourth-order valence-corrected chi connectivity index (χ4v) is 6.12. The molecule has 0 radical (unpaired) electrons. The Morgan fingerprint density at radius 1 is 0.976 bits per heavy atom. The Morgan fingerprint density at radius 3 is 2.27 bits per heavy atom. The van der Waals surface area contributed by atoms with E-state index in [9.17, 15) is 18.0 Å². The van der Waals surface area contributed by atoms with Gasteiger partial charge in [-0.3, -0.25) is 13.9 Å². The minimum atomic E-state index is -4.13. The first-order chi connectivity index (χ1) is 19.5. The Labute approximate surface area is 251 Å². The van der Waals surface area contributed by atoms with Crippen LogP contribution in [0.4, 0.5) is 5.69 Å². The van der Waals surface area contributed by atoms with Gasteiger partial charge in [-0.2, -0.15) is 0 Å². The molecule has 0 saturated carbocycles. The number of sulfonamides is 1. The summed E-state index contributed by atoms with van der Waals surface area (Å²) in [6, 6.07) is 19.6. The highest BCUT2D eigenvalue weighted by molar-refractivity contribution is 9.10. The van der Waals surface area contributed by atoms with Gasteiger partial charge in [-0.1, -0.05) is 65.7 Å². The summed E-state index contributed by atoms with van der Waals surface area (Å²) in [6.07, 6.45) is 1.08. The first-order valence-corrected chi connectivity index (χ1v) is 15.8. The number of nitrogens with one attached hydrogen (secondary N) is 1. The highest BCUT2D eigenvalue weighted by Crippen LogP contribution is 2.27. The quantitative estimate of drug-likeness (QED) is 0.258. The van der Waals surface area contributed by atoms with E-state index >= 15 is 0 Å². The highest BCUT2D eigenvalue weighted by Gasteiger charge is 2.34. The summed E-state index contributed by atoms with van der Waals surface area (Å²) in [6.45, 7) is 7.18. The standard InChI is InChI=1S/C31H38BrN3O5S/c1-6-23(4)33-31(37)29(7-2)34(20-24-10-8-13-27(18-24)40-5)30(36)21-35(26-12-9-11-25(32)19-26)41(38,39)28-16-14-22(3)15-17-28/h8-19,23,29H,6-7,20-21H2,1-5H3,(H,33,37). The Hall–Kier alpha value is -3.37. The maximum Gasteiger partial charge on any atom is 0.264 e. The Morgan fingerprint density at radius 2 is 1.66 bits per heavy atom. The van der Waals surface area contributed by atoms with Crippen molar-refractivity contribution in [3.05, 3.63) is 88.4 Å². The molecule has 0 aliphatic carbocycles. The Bertz CT molecular complexity index is 1450. The van der Waals surface area contributed by atoms with E-state index in [-0.39, 0.29) is 23.4 Å². The van der Waals surface area contributed by atoms with Crippen LogP contribution < -0.4 is 14.4 Å². The largest absolute Gasteiger partial charge is 0.497 e. The van der Waals surface area contributed by atoms with Crippen LogP contribution in [-0.4, -0.2) is 50.9 Å². The van der Waals surface area contributed by atoms with Crippen LogP contribution in [-0.2, 0) is 26.2 Å². The molecule has 0 fully saturated rings. The van der Waals surface area contributed by atoms with Gasteiger partial charge in [-0.05, 0) is 74.7 Å². The van der Waals surface area contributed by atoms with Crippen molar-refractivity contribution in [2.45, 2.75) is 64.1 Å². The Kier molecular flexibility index (Phi) is 11.4. The zero-order chi connectivity index (χ0) is 30.2. The normalized spacial score (nSPS) is 12.7. The van der Waals surface area contributed by atoms with E-state index in [0.717, 1.165) is 21.9 Å². The van der Waals surface area contributed by atoms with Gasteiger partial charge in [0.2, 0.25) is 11.8 Å². The molecule has 8 nitrogen and oxygen atoms in total. The van der Waals surface area contributed by atoms with Crippen LogP contribution in [0.2, 0.25) is 0 Å². The molecule has 0 bridgehead atoms. The number of carbonyl (C=O) groups is 2. The third-order valence-electron chi connectivity index (χ3n) is 6.86. The van der Waals surface area contributed by atoms with Gasteiger partial charge in [0.05, 0.1) is 17.7 Å². The zero-order valence-corrected chi connectivity index (χ0v) is 26.5. The van der Waals surface area contributed by atoms with Crippen LogP contribution in [0.5, 0.6) is 5.75 Å². The number of anilines is 1. The van der Waals surface area contributed by atoms with Crippen molar-refractivity contribution in [3.8, 4) is 5.75 Å². The molecule has 3 rings (SSSR count). The van der Waals surface area contributed by atoms with Crippen LogP contribution in [0, 0.1) is 6.92 Å². The molecule has 10 heteroatoms. The third kappa shape index (κ3) is 8.33. The van der Waals surface area contributed by atoms with E-state index in [0.29, 0.717) is 22.3 Å². The van der Waals surface area contributed by atoms with Crippen molar-refractivity contribution < 1.29 is 22.7 Å². The average Bonchev–Trinajstić information content (AvgIpc) is 2.95. The second kappa shape index (κ2) is 14.5. The van der Waals surface area contributed by atoms with Crippen molar-refractivity contribution in [3.63, 3.8) is 0 Å². The number of benzene rings is 3. The van der Waals surface area contributed by atoms with Gasteiger partial charge in [0, 0.05) is 17.1 Å². The van der Waals surface area contributed by atoms with Crippen LogP contribution in [0.1, 0.15) is 44.7 Å². The number of ether oxygens (including phenoxy) is 1. The number of amides is 2. The number of hydrogen-bond acceptors (Lipinski definition) is 5. The van der Waals surface area contributed by atoms with Gasteiger partial charge >= 0.3 is 0 Å². The lowest BCUT2D eigenvalue weighted by atomic mass is 10.1. The van der Waals surface area contributed by atoms with Gasteiger partial charge in [-0.15, -0.1) is 0 Å². The molecule has 0 aliphatic heterocycles. The summed E-state index contributed by atoms with van der Waals surface area (Å²) in [5.41, 5.74) is 1.99. The van der Waals surface area contributed by atoms with Crippen molar-refractivity contribution in [1.82, 2.24) is 10.2 Å². The summed E-state index contributed by atoms with van der Waals surface area (Å²) in [5.74, 6) is -0.173. The molecule has 2 atom stereocenters. The number of halogens is 1. The second-order valence-electron chi connectivity index (χ2n) is 9.92. The number of carbonyl (C=O) groups excluding carboxylic acids is 2. The number of aryl methyl sites for hydroxylation is 1. The minimum Gasteiger partial charge on any atom is -0.497 e. The van der Waals surface area contributed by atoms with Crippen molar-refractivity contribution >= 4 is 43.5 Å². The number of hydrogen-bond donors (Lipinski definition) is 1. The third-order valence-corrected chi connectivity index (χ3v) is 9.14. The zero-order valence-electron chi connectivity index (χ0n) is 24.1. The predicted molar refractivity (Wildman–Crippen MR) is 165 cm³/mol. The first-order valence-electron chi connectivity index (χ1n) is 13.6. The molecule has 0 aromatic heterocycles. The van der Waals surface area contributed by atoms with Crippen molar-refractivity contribution in [2.24, 2.45) is 0 Å². The topological polar surface area (TPSA) is 96.0 Å². The number of nitrogens with zero attached hydrogens (tertiary/aromatic N) is 2.